The summed E-state index contributed by atoms with van der Waals surface area (Å²) in [7, 11) is 1.71. The van der Waals surface area contributed by atoms with Crippen molar-refractivity contribution in [1.82, 2.24) is 9.55 Å². The van der Waals surface area contributed by atoms with E-state index >= 15 is 0 Å². The molecule has 4 aromatic rings. The maximum absolute atomic E-state index is 5.36. The predicted molar refractivity (Wildman–Crippen MR) is 119 cm³/mol. The lowest BCUT2D eigenvalue weighted by atomic mass is 10.0. The Morgan fingerprint density at radius 3 is 2.69 bits per heavy atom. The SMILES string of the molecule is COc1ccc2cc(-c3csc(=Nc4cccnc4)n3C3CCCC3)ccc2c1. The summed E-state index contributed by atoms with van der Waals surface area (Å²) in [6.07, 6.45) is 8.62. The van der Waals surface area contributed by atoms with E-state index in [0.29, 0.717) is 6.04 Å². The van der Waals surface area contributed by atoms with E-state index in [-0.39, 0.29) is 0 Å². The molecule has 0 spiro atoms. The van der Waals surface area contributed by atoms with E-state index in [9.17, 15) is 0 Å². The third kappa shape index (κ3) is 3.58. The molecular weight excluding hydrogens is 378 g/mol. The third-order valence-corrected chi connectivity index (χ3v) is 6.49. The Kier molecular flexibility index (Phi) is 4.90. The van der Waals surface area contributed by atoms with Crippen LogP contribution in [0.4, 0.5) is 5.69 Å². The molecule has 1 fully saturated rings. The van der Waals surface area contributed by atoms with Crippen LogP contribution in [-0.4, -0.2) is 16.7 Å². The number of methoxy groups -OCH3 is 1. The van der Waals surface area contributed by atoms with Crippen LogP contribution in [0.5, 0.6) is 5.75 Å². The molecule has 1 aliphatic carbocycles. The van der Waals surface area contributed by atoms with Crippen molar-refractivity contribution in [2.24, 2.45) is 4.99 Å². The summed E-state index contributed by atoms with van der Waals surface area (Å²) in [5, 5.41) is 4.66. The molecule has 0 N–H and O–H groups in total. The maximum atomic E-state index is 5.36. The molecule has 1 aliphatic rings. The Balaban J connectivity index is 1.65. The van der Waals surface area contributed by atoms with Crippen LogP contribution in [-0.2, 0) is 0 Å². The molecule has 5 heteroatoms. The van der Waals surface area contributed by atoms with Gasteiger partial charge in [0.15, 0.2) is 4.80 Å². The molecule has 4 nitrogen and oxygen atoms in total. The highest BCUT2D eigenvalue weighted by Crippen LogP contribution is 2.34. The number of ether oxygens (including phenoxy) is 1. The maximum Gasteiger partial charge on any atom is 0.190 e. The van der Waals surface area contributed by atoms with Gasteiger partial charge in [-0.3, -0.25) is 4.98 Å². The molecule has 146 valence electrons. The van der Waals surface area contributed by atoms with Gasteiger partial charge in [-0.2, -0.15) is 0 Å². The van der Waals surface area contributed by atoms with Gasteiger partial charge in [0.05, 0.1) is 24.7 Å². The van der Waals surface area contributed by atoms with Gasteiger partial charge in [-0.05, 0) is 59.5 Å². The van der Waals surface area contributed by atoms with E-state index in [4.69, 9.17) is 9.73 Å². The fraction of sp³-hybridized carbons (Fsp3) is 0.250. The Bertz CT molecular complexity index is 1200. The molecule has 5 rings (SSSR count). The summed E-state index contributed by atoms with van der Waals surface area (Å²) < 4.78 is 7.82. The molecule has 0 bridgehead atoms. The van der Waals surface area contributed by atoms with Crippen LogP contribution in [0.3, 0.4) is 0 Å². The van der Waals surface area contributed by atoms with E-state index < -0.39 is 0 Å². The lowest BCUT2D eigenvalue weighted by Crippen LogP contribution is -2.19. The average molecular weight is 402 g/mol. The molecule has 2 heterocycles. The van der Waals surface area contributed by atoms with E-state index in [1.165, 1.54) is 47.7 Å². The second kappa shape index (κ2) is 7.84. The van der Waals surface area contributed by atoms with Gasteiger partial charge < -0.3 is 9.30 Å². The van der Waals surface area contributed by atoms with E-state index in [1.54, 1.807) is 24.6 Å². The van der Waals surface area contributed by atoms with Crippen LogP contribution in [0, 0.1) is 0 Å². The standard InChI is InChI=1S/C24H23N3OS/c1-28-22-11-10-17-13-19(9-8-18(17)14-22)23-16-29-24(26-20-5-4-12-25-15-20)27(23)21-6-2-3-7-21/h4-5,8-16,21H,2-3,6-7H2,1H3. The number of rotatable bonds is 4. The molecule has 0 radical (unpaired) electrons. The van der Waals surface area contributed by atoms with Crippen molar-refractivity contribution < 1.29 is 4.74 Å². The van der Waals surface area contributed by atoms with Gasteiger partial charge in [0, 0.05) is 17.6 Å². The second-order valence-corrected chi connectivity index (χ2v) is 8.30. The zero-order chi connectivity index (χ0) is 19.6. The monoisotopic (exact) mass is 401 g/mol. The number of pyridine rings is 1. The fourth-order valence-corrected chi connectivity index (χ4v) is 5.15. The zero-order valence-corrected chi connectivity index (χ0v) is 17.2. The Morgan fingerprint density at radius 2 is 1.90 bits per heavy atom. The minimum absolute atomic E-state index is 0.512. The van der Waals surface area contributed by atoms with Crippen molar-refractivity contribution in [3.8, 4) is 17.0 Å². The second-order valence-electron chi connectivity index (χ2n) is 7.46. The van der Waals surface area contributed by atoms with Crippen molar-refractivity contribution in [2.75, 3.05) is 7.11 Å². The van der Waals surface area contributed by atoms with E-state index in [1.807, 2.05) is 24.4 Å². The smallest absolute Gasteiger partial charge is 0.190 e. The number of hydrogen-bond donors (Lipinski definition) is 0. The number of fused-ring (bicyclic) bond motifs is 1. The van der Waals surface area contributed by atoms with Crippen molar-refractivity contribution >= 4 is 27.8 Å². The molecule has 0 atom stereocenters. The van der Waals surface area contributed by atoms with Crippen molar-refractivity contribution in [1.29, 1.82) is 0 Å². The molecule has 2 aromatic heterocycles. The molecule has 0 aliphatic heterocycles. The number of hydrogen-bond acceptors (Lipinski definition) is 4. The Morgan fingerprint density at radius 1 is 1.07 bits per heavy atom. The van der Waals surface area contributed by atoms with Crippen LogP contribution >= 0.6 is 11.3 Å². The van der Waals surface area contributed by atoms with Crippen LogP contribution in [0.15, 0.2) is 71.3 Å². The van der Waals surface area contributed by atoms with Gasteiger partial charge >= 0.3 is 0 Å². The molecule has 29 heavy (non-hydrogen) atoms. The predicted octanol–water partition coefficient (Wildman–Crippen LogP) is 6.12. The lowest BCUT2D eigenvalue weighted by molar-refractivity contribution is 0.415. The average Bonchev–Trinajstić information content (AvgIpc) is 3.43. The van der Waals surface area contributed by atoms with Crippen LogP contribution < -0.4 is 9.54 Å². The van der Waals surface area contributed by atoms with Gasteiger partial charge in [0.25, 0.3) is 0 Å². The van der Waals surface area contributed by atoms with Crippen molar-refractivity contribution in [3.05, 3.63) is 71.1 Å². The van der Waals surface area contributed by atoms with Crippen LogP contribution in [0.2, 0.25) is 0 Å². The van der Waals surface area contributed by atoms with Crippen LogP contribution in [0.25, 0.3) is 22.0 Å². The summed E-state index contributed by atoms with van der Waals surface area (Å²) in [4.78, 5) is 10.2. The fourth-order valence-electron chi connectivity index (χ4n) is 4.17. The number of thiazole rings is 1. The Hall–Kier alpha value is -2.92. The largest absolute Gasteiger partial charge is 0.497 e. The van der Waals surface area contributed by atoms with Crippen molar-refractivity contribution in [3.63, 3.8) is 0 Å². The molecule has 2 aromatic carbocycles. The minimum atomic E-state index is 0.512. The zero-order valence-electron chi connectivity index (χ0n) is 16.4. The first-order valence-corrected chi connectivity index (χ1v) is 10.9. The third-order valence-electron chi connectivity index (χ3n) is 5.65. The summed E-state index contributed by atoms with van der Waals surface area (Å²) in [5.74, 6) is 0.888. The van der Waals surface area contributed by atoms with Gasteiger partial charge in [-0.15, -0.1) is 11.3 Å². The Labute approximate surface area is 174 Å². The number of aromatic nitrogens is 2. The van der Waals surface area contributed by atoms with Gasteiger partial charge in [0.2, 0.25) is 0 Å². The molecule has 0 saturated heterocycles. The molecule has 0 unspecified atom stereocenters. The number of nitrogens with zero attached hydrogens (tertiary/aromatic N) is 3. The van der Waals surface area contributed by atoms with Gasteiger partial charge in [0.1, 0.15) is 5.75 Å². The first-order chi connectivity index (χ1) is 14.3. The van der Waals surface area contributed by atoms with Gasteiger partial charge in [-0.25, -0.2) is 4.99 Å². The van der Waals surface area contributed by atoms with Crippen LogP contribution in [0.1, 0.15) is 31.7 Å². The van der Waals surface area contributed by atoms with Crippen molar-refractivity contribution in [2.45, 2.75) is 31.7 Å². The minimum Gasteiger partial charge on any atom is -0.497 e. The highest BCUT2D eigenvalue weighted by atomic mass is 32.1. The highest BCUT2D eigenvalue weighted by molar-refractivity contribution is 7.07. The summed E-state index contributed by atoms with van der Waals surface area (Å²) in [6.45, 7) is 0. The first kappa shape index (κ1) is 18.1. The molecule has 0 amide bonds. The summed E-state index contributed by atoms with van der Waals surface area (Å²) in [6, 6.07) is 17.4. The quantitative estimate of drug-likeness (QED) is 0.413. The molecule has 1 saturated carbocycles. The summed E-state index contributed by atoms with van der Waals surface area (Å²) in [5.41, 5.74) is 3.39. The van der Waals surface area contributed by atoms with Gasteiger partial charge in [-0.1, -0.05) is 31.0 Å². The molecular formula is C24H23N3OS. The normalized spacial score (nSPS) is 15.3. The number of benzene rings is 2. The first-order valence-electron chi connectivity index (χ1n) is 10.0. The van der Waals surface area contributed by atoms with E-state index in [0.717, 1.165) is 16.2 Å². The topological polar surface area (TPSA) is 39.4 Å². The highest BCUT2D eigenvalue weighted by Gasteiger charge is 2.21. The summed E-state index contributed by atoms with van der Waals surface area (Å²) >= 11 is 1.71. The van der Waals surface area contributed by atoms with E-state index in [2.05, 4.69) is 45.3 Å². The lowest BCUT2D eigenvalue weighted by Gasteiger charge is -2.16.